The van der Waals surface area contributed by atoms with Crippen LogP contribution in [0.1, 0.15) is 42.4 Å². The molecule has 0 N–H and O–H groups in total. The Balaban J connectivity index is 0.00000133. The molecule has 7 aromatic rings. The van der Waals surface area contributed by atoms with E-state index in [1.807, 2.05) is 0 Å². The number of halogens is 2. The van der Waals surface area contributed by atoms with Crippen molar-refractivity contribution >= 4 is 62.8 Å². The fourth-order valence-electron chi connectivity index (χ4n) is 7.31. The second kappa shape index (κ2) is 14.1. The molecule has 7 aromatic carbocycles. The number of hydrogen-bond acceptors (Lipinski definition) is 0. The normalized spacial score (nSPS) is 13.6. The van der Waals surface area contributed by atoms with Crippen molar-refractivity contribution in [2.75, 3.05) is 0 Å². The third-order valence-electron chi connectivity index (χ3n) is 9.08. The van der Waals surface area contributed by atoms with Crippen LogP contribution in [0.4, 0.5) is 0 Å². The van der Waals surface area contributed by atoms with E-state index >= 15 is 0 Å². The summed E-state index contributed by atoms with van der Waals surface area (Å²) in [5, 5.41) is 12.5. The molecular weight excluding hydrogens is 683 g/mol. The first kappa shape index (κ1) is 33.2. The second-order valence-corrected chi connectivity index (χ2v) is 14.0. The summed E-state index contributed by atoms with van der Waals surface area (Å²) >= 11 is 0. The molecule has 0 spiro atoms. The molecule has 2 radical (unpaired) electrons. The van der Waals surface area contributed by atoms with E-state index in [1.54, 1.807) is 5.57 Å². The zero-order valence-electron chi connectivity index (χ0n) is 25.1. The van der Waals surface area contributed by atoms with E-state index in [2.05, 4.69) is 153 Å². The maximum Gasteiger partial charge on any atom is 3.00 e. The van der Waals surface area contributed by atoms with Crippen LogP contribution < -0.4 is 40.4 Å². The maximum absolute atomic E-state index is 2.54. The molecule has 0 saturated carbocycles. The topological polar surface area (TPSA) is 0 Å². The molecule has 1 atom stereocenters. The van der Waals surface area contributed by atoms with Gasteiger partial charge in [0.05, 0.1) is 0 Å². The average molecular weight is 715 g/mol. The van der Waals surface area contributed by atoms with Gasteiger partial charge in [-0.05, 0) is 28.3 Å². The number of benzene rings is 6. The van der Waals surface area contributed by atoms with E-state index in [0.29, 0.717) is 0 Å². The smallest absolute Gasteiger partial charge is 1.00 e. The second-order valence-electron chi connectivity index (χ2n) is 11.5. The summed E-state index contributed by atoms with van der Waals surface area (Å²) in [7, 11) is -1.28. The van der Waals surface area contributed by atoms with E-state index in [9.17, 15) is 0 Å². The summed E-state index contributed by atoms with van der Waals surface area (Å²) in [5.41, 5.74) is 5.93. The van der Waals surface area contributed by atoms with Crippen molar-refractivity contribution < 1.29 is 51.0 Å². The van der Waals surface area contributed by atoms with Crippen molar-refractivity contribution in [2.45, 2.75) is 25.7 Å². The van der Waals surface area contributed by atoms with Crippen molar-refractivity contribution in [1.82, 2.24) is 0 Å². The zero-order valence-corrected chi connectivity index (χ0v) is 30.1. The van der Waals surface area contributed by atoms with Crippen LogP contribution in [0.15, 0.2) is 145 Å². The Morgan fingerprint density at radius 2 is 1.24 bits per heavy atom. The molecule has 0 aliphatic heterocycles. The predicted molar refractivity (Wildman–Crippen MR) is 183 cm³/mol. The first-order valence-electron chi connectivity index (χ1n) is 15.1. The van der Waals surface area contributed by atoms with Gasteiger partial charge in [0.2, 0.25) is 0 Å². The van der Waals surface area contributed by atoms with Gasteiger partial charge in [-0.1, -0.05) is 174 Å². The van der Waals surface area contributed by atoms with Gasteiger partial charge in [-0.25, -0.2) is 0 Å². The van der Waals surface area contributed by atoms with Gasteiger partial charge in [0.15, 0.2) is 0 Å². The van der Waals surface area contributed by atoms with Gasteiger partial charge in [-0.15, -0.1) is 33.7 Å². The Kier molecular flexibility index (Phi) is 10.4. The van der Waals surface area contributed by atoms with Crippen LogP contribution in [0.3, 0.4) is 0 Å². The van der Waals surface area contributed by atoms with Crippen LogP contribution in [-0.4, -0.2) is 8.80 Å². The van der Waals surface area contributed by atoms with E-state index in [4.69, 9.17) is 0 Å². The molecule has 1 unspecified atom stereocenters. The fraction of sp³-hybridized carbons (Fsp3) is 0.0976. The van der Waals surface area contributed by atoms with Crippen molar-refractivity contribution in [3.05, 3.63) is 162 Å². The Labute approximate surface area is 299 Å². The molecule has 0 fully saturated rings. The van der Waals surface area contributed by atoms with E-state index in [1.165, 1.54) is 64.6 Å². The summed E-state index contributed by atoms with van der Waals surface area (Å²) in [6, 6.07) is 52.4. The van der Waals surface area contributed by atoms with Crippen LogP contribution in [0.2, 0.25) is 0 Å². The minimum absolute atomic E-state index is 0. The third kappa shape index (κ3) is 5.72. The number of rotatable bonds is 6. The molecule has 0 saturated heterocycles. The molecule has 0 nitrogen and oxygen atoms in total. The van der Waals surface area contributed by atoms with E-state index < -0.39 is 8.80 Å². The van der Waals surface area contributed by atoms with Crippen molar-refractivity contribution in [3.8, 4) is 0 Å². The Hall–Kier alpha value is -3.13. The van der Waals surface area contributed by atoms with Crippen LogP contribution >= 0.6 is 0 Å². The molecule has 218 valence electrons. The molecule has 1 aliphatic carbocycles. The van der Waals surface area contributed by atoms with Crippen LogP contribution in [0.25, 0.3) is 38.4 Å². The van der Waals surface area contributed by atoms with Crippen LogP contribution in [0.5, 0.6) is 0 Å². The summed E-state index contributed by atoms with van der Waals surface area (Å²) in [6.45, 7) is 2.32. The van der Waals surface area contributed by atoms with Crippen molar-refractivity contribution in [3.63, 3.8) is 0 Å². The third-order valence-corrected chi connectivity index (χ3v) is 11.9. The molecule has 0 bridgehead atoms. The van der Waals surface area contributed by atoms with Gasteiger partial charge >= 0.3 is 26.2 Å². The maximum atomic E-state index is 2.54. The quantitative estimate of drug-likeness (QED) is 0.141. The van der Waals surface area contributed by atoms with Gasteiger partial charge in [0.25, 0.3) is 0 Å². The summed E-state index contributed by atoms with van der Waals surface area (Å²) in [5.74, 6) is 0.243. The number of allylic oxidation sites excluding steroid dienone is 1. The van der Waals surface area contributed by atoms with Crippen LogP contribution in [-0.2, 0) is 26.2 Å². The zero-order chi connectivity index (χ0) is 28.0. The molecule has 0 aromatic heterocycles. The molecule has 0 amide bonds. The predicted octanol–water partition coefficient (Wildman–Crippen LogP) is 2.72. The standard InChI is InChI=1S/C41H32Si.2ClH.Zr/c1-2-13-30-27-37-33-20-11-9-14-28(33)22-23-36(37)40(30)41-38-26-29-15-10-12-21-34(29)35(38)24-25-39(41)42(31-16-5-3-6-17-31)32-18-7-4-8-19-32;;;/h3-12,14-27,40H,2,13H2,1H3;2*1H;/q-1;;;+3/p-2. The largest absolute Gasteiger partial charge is 3.00 e. The van der Waals surface area contributed by atoms with E-state index in [0.717, 1.165) is 12.8 Å². The molecule has 8 rings (SSSR count). The Bertz CT molecular complexity index is 2080. The van der Waals surface area contributed by atoms with Crippen molar-refractivity contribution in [1.29, 1.82) is 0 Å². The van der Waals surface area contributed by atoms with Crippen LogP contribution in [0, 0.1) is 0 Å². The summed E-state index contributed by atoms with van der Waals surface area (Å²) in [4.78, 5) is 0. The monoisotopic (exact) mass is 712 g/mol. The number of hydrogen-bond donors (Lipinski definition) is 0. The van der Waals surface area contributed by atoms with Gasteiger partial charge in [-0.3, -0.25) is 0 Å². The SMILES string of the molecule is CCCC1=Cc2c(ccc3ccccc23)C1c1c([Si](c2ccccc2)c2ccccc2)ccc2c1[cH-]c1ccccc12.[Cl-].[Cl-].[Zr+3]. The minimum Gasteiger partial charge on any atom is -1.00 e. The van der Waals surface area contributed by atoms with E-state index in [-0.39, 0.29) is 56.9 Å². The summed E-state index contributed by atoms with van der Waals surface area (Å²) < 4.78 is 0. The van der Waals surface area contributed by atoms with Gasteiger partial charge < -0.3 is 24.8 Å². The minimum atomic E-state index is -1.28. The Morgan fingerprint density at radius 3 is 1.93 bits per heavy atom. The van der Waals surface area contributed by atoms with Gasteiger partial charge in [-0.2, -0.15) is 0 Å². The first-order chi connectivity index (χ1) is 20.8. The molecule has 1 aliphatic rings. The average Bonchev–Trinajstić information content (AvgIpc) is 3.61. The molecule has 0 heterocycles. The van der Waals surface area contributed by atoms with Gasteiger partial charge in [0, 0.05) is 5.92 Å². The molecule has 45 heavy (non-hydrogen) atoms. The first-order valence-corrected chi connectivity index (χ1v) is 16.6. The van der Waals surface area contributed by atoms with Gasteiger partial charge in [0.1, 0.15) is 8.80 Å². The van der Waals surface area contributed by atoms with Crippen molar-refractivity contribution in [2.24, 2.45) is 0 Å². The fourth-order valence-corrected chi connectivity index (χ4v) is 10.1. The number of fused-ring (bicyclic) bond motifs is 6. The molecular formula is C41H32Cl2SiZr. The molecule has 4 heteroatoms. The Morgan fingerprint density at radius 1 is 0.622 bits per heavy atom. The summed E-state index contributed by atoms with van der Waals surface area (Å²) in [6.07, 6.45) is 4.77.